The Morgan fingerprint density at radius 3 is 2.76 bits per heavy atom. The Bertz CT molecular complexity index is 729. The van der Waals surface area contributed by atoms with Crippen LogP contribution in [0.4, 0.5) is 11.5 Å². The molecular formula is C14H20N4O2S. The lowest BCUT2D eigenvalue weighted by Crippen LogP contribution is -2.34. The average Bonchev–Trinajstić information content (AvgIpc) is 2.84. The van der Waals surface area contributed by atoms with Crippen LogP contribution in [0.3, 0.4) is 0 Å². The molecule has 21 heavy (non-hydrogen) atoms. The van der Waals surface area contributed by atoms with Crippen LogP contribution in [-0.2, 0) is 13.1 Å². The van der Waals surface area contributed by atoms with Crippen LogP contribution in [0.5, 0.6) is 0 Å². The minimum Gasteiger partial charge on any atom is -0.383 e. The zero-order valence-electron chi connectivity index (χ0n) is 12.2. The van der Waals surface area contributed by atoms with Gasteiger partial charge in [0.15, 0.2) is 0 Å². The summed E-state index contributed by atoms with van der Waals surface area (Å²) < 4.78 is 1.41. The predicted octanol–water partition coefficient (Wildman–Crippen LogP) is 1.90. The van der Waals surface area contributed by atoms with E-state index >= 15 is 0 Å². The molecule has 2 aromatic heterocycles. The molecule has 0 saturated carbocycles. The van der Waals surface area contributed by atoms with Crippen LogP contribution >= 0.6 is 11.3 Å². The highest BCUT2D eigenvalue weighted by molar-refractivity contribution is 7.08. The Kier molecular flexibility index (Phi) is 4.85. The van der Waals surface area contributed by atoms with Crippen LogP contribution in [0, 0.1) is 6.92 Å². The number of unbranched alkanes of at least 4 members (excludes halogenated alkanes) is 1. The van der Waals surface area contributed by atoms with Gasteiger partial charge in [0, 0.05) is 13.1 Å². The second-order valence-electron chi connectivity index (χ2n) is 4.96. The van der Waals surface area contributed by atoms with Gasteiger partial charge in [-0.05, 0) is 35.2 Å². The summed E-state index contributed by atoms with van der Waals surface area (Å²) >= 11 is 1.61. The summed E-state index contributed by atoms with van der Waals surface area (Å²) in [5.74, 6) is 0.199. The van der Waals surface area contributed by atoms with Crippen molar-refractivity contribution in [1.82, 2.24) is 9.55 Å². The van der Waals surface area contributed by atoms with Crippen LogP contribution < -0.4 is 22.3 Å². The van der Waals surface area contributed by atoms with E-state index in [9.17, 15) is 9.59 Å². The summed E-state index contributed by atoms with van der Waals surface area (Å²) in [5.41, 5.74) is 7.60. The largest absolute Gasteiger partial charge is 0.383 e. The van der Waals surface area contributed by atoms with Crippen LogP contribution in [0.2, 0.25) is 0 Å². The summed E-state index contributed by atoms with van der Waals surface area (Å²) in [6.45, 7) is 5.06. The zero-order valence-corrected chi connectivity index (χ0v) is 13.0. The molecule has 0 bridgehead atoms. The Morgan fingerprint density at radius 1 is 1.38 bits per heavy atom. The van der Waals surface area contributed by atoms with Gasteiger partial charge in [0.25, 0.3) is 5.56 Å². The smallest absolute Gasteiger partial charge is 0.330 e. The fourth-order valence-corrected chi connectivity index (χ4v) is 2.91. The number of nitrogens with two attached hydrogens (primary N) is 1. The fraction of sp³-hybridized carbons (Fsp3) is 0.429. The van der Waals surface area contributed by atoms with Crippen molar-refractivity contribution in [3.05, 3.63) is 42.7 Å². The van der Waals surface area contributed by atoms with Gasteiger partial charge < -0.3 is 11.1 Å². The van der Waals surface area contributed by atoms with Gasteiger partial charge in [-0.2, -0.15) is 11.3 Å². The fourth-order valence-electron chi connectivity index (χ4n) is 2.05. The van der Waals surface area contributed by atoms with E-state index in [4.69, 9.17) is 5.73 Å². The molecule has 0 fully saturated rings. The Morgan fingerprint density at radius 2 is 2.14 bits per heavy atom. The van der Waals surface area contributed by atoms with E-state index < -0.39 is 11.2 Å². The number of nitrogens with one attached hydrogen (secondary N) is 2. The molecule has 0 aliphatic heterocycles. The highest BCUT2D eigenvalue weighted by Crippen LogP contribution is 2.17. The van der Waals surface area contributed by atoms with Gasteiger partial charge in [0.05, 0.1) is 0 Å². The van der Waals surface area contributed by atoms with Gasteiger partial charge in [-0.15, -0.1) is 0 Å². The second-order valence-corrected chi connectivity index (χ2v) is 5.70. The van der Waals surface area contributed by atoms with Crippen molar-refractivity contribution in [2.75, 3.05) is 11.1 Å². The molecule has 0 atom stereocenters. The summed E-state index contributed by atoms with van der Waals surface area (Å²) in [4.78, 5) is 26.0. The first-order chi connectivity index (χ1) is 10.0. The molecule has 0 unspecified atom stereocenters. The number of H-pyrrole nitrogens is 1. The number of thiophene rings is 1. The lowest BCUT2D eigenvalue weighted by molar-refractivity contribution is 0.605. The number of aryl methyl sites for hydroxylation is 1. The number of rotatable bonds is 6. The molecule has 4 N–H and O–H groups in total. The first-order valence-electron chi connectivity index (χ1n) is 6.92. The third kappa shape index (κ3) is 3.36. The maximum absolute atomic E-state index is 11.9. The van der Waals surface area contributed by atoms with E-state index in [1.54, 1.807) is 11.3 Å². The van der Waals surface area contributed by atoms with E-state index in [-0.39, 0.29) is 11.5 Å². The first kappa shape index (κ1) is 15.4. The Balaban J connectivity index is 2.28. The third-order valence-electron chi connectivity index (χ3n) is 3.39. The normalized spacial score (nSPS) is 10.8. The monoisotopic (exact) mass is 308 g/mol. The number of anilines is 2. The van der Waals surface area contributed by atoms with Gasteiger partial charge in [0.1, 0.15) is 11.5 Å². The molecule has 114 valence electrons. The predicted molar refractivity (Wildman–Crippen MR) is 87.0 cm³/mol. The number of hydrogen-bond acceptors (Lipinski definition) is 5. The van der Waals surface area contributed by atoms with E-state index in [0.29, 0.717) is 13.1 Å². The molecule has 0 amide bonds. The van der Waals surface area contributed by atoms with Crippen LogP contribution in [0.1, 0.15) is 30.9 Å². The molecule has 2 heterocycles. The lowest BCUT2D eigenvalue weighted by Gasteiger charge is -2.13. The number of aromatic nitrogens is 2. The summed E-state index contributed by atoms with van der Waals surface area (Å²) in [6.07, 6.45) is 1.78. The molecule has 0 radical (unpaired) electrons. The van der Waals surface area contributed by atoms with E-state index in [2.05, 4.69) is 10.3 Å². The summed E-state index contributed by atoms with van der Waals surface area (Å²) in [5, 5.41) is 7.12. The third-order valence-corrected chi connectivity index (χ3v) is 4.30. The second kappa shape index (κ2) is 6.62. The minimum atomic E-state index is -0.474. The molecule has 7 heteroatoms. The van der Waals surface area contributed by atoms with Crippen molar-refractivity contribution >= 4 is 22.8 Å². The SMILES string of the molecule is CCCCn1c(N)c(NCc2cscc2C)c(=O)[nH]c1=O. The molecule has 2 aromatic rings. The molecule has 0 aromatic carbocycles. The van der Waals surface area contributed by atoms with E-state index in [0.717, 1.165) is 18.4 Å². The Labute approximate surface area is 126 Å². The molecule has 0 spiro atoms. The number of nitrogens with zero attached hydrogens (tertiary/aromatic N) is 1. The topological polar surface area (TPSA) is 92.9 Å². The van der Waals surface area contributed by atoms with Gasteiger partial charge >= 0.3 is 5.69 Å². The van der Waals surface area contributed by atoms with Crippen LogP contribution in [0.15, 0.2) is 20.3 Å². The van der Waals surface area contributed by atoms with Gasteiger partial charge in [-0.25, -0.2) is 4.79 Å². The number of hydrogen-bond donors (Lipinski definition) is 3. The Hall–Kier alpha value is -2.02. The maximum atomic E-state index is 11.9. The van der Waals surface area contributed by atoms with E-state index in [1.165, 1.54) is 10.1 Å². The van der Waals surface area contributed by atoms with Gasteiger partial charge in [-0.3, -0.25) is 14.3 Å². The maximum Gasteiger partial charge on any atom is 0.330 e. The van der Waals surface area contributed by atoms with Crippen molar-refractivity contribution in [2.24, 2.45) is 0 Å². The van der Waals surface area contributed by atoms with Crippen molar-refractivity contribution < 1.29 is 0 Å². The highest BCUT2D eigenvalue weighted by Gasteiger charge is 2.12. The van der Waals surface area contributed by atoms with Crippen LogP contribution in [-0.4, -0.2) is 9.55 Å². The van der Waals surface area contributed by atoms with Crippen molar-refractivity contribution in [1.29, 1.82) is 0 Å². The highest BCUT2D eigenvalue weighted by atomic mass is 32.1. The summed E-state index contributed by atoms with van der Waals surface area (Å²) in [6, 6.07) is 0. The van der Waals surface area contributed by atoms with Crippen molar-refractivity contribution in [3.63, 3.8) is 0 Å². The number of aromatic amines is 1. The lowest BCUT2D eigenvalue weighted by atomic mass is 10.2. The molecule has 0 aliphatic rings. The number of nitrogen functional groups attached to an aromatic ring is 1. The standard InChI is InChI=1S/C14H20N4O2S/c1-3-4-5-18-12(15)11(13(19)17-14(18)20)16-6-10-8-21-7-9(10)2/h7-8,16H,3-6,15H2,1-2H3,(H,17,19,20). The van der Waals surface area contributed by atoms with Crippen LogP contribution in [0.25, 0.3) is 0 Å². The molecule has 6 nitrogen and oxygen atoms in total. The van der Waals surface area contributed by atoms with Gasteiger partial charge in [-0.1, -0.05) is 13.3 Å². The quantitative estimate of drug-likeness (QED) is 0.760. The molecule has 0 saturated heterocycles. The first-order valence-corrected chi connectivity index (χ1v) is 7.87. The molecule has 2 rings (SSSR count). The zero-order chi connectivity index (χ0) is 15.4. The molecular weight excluding hydrogens is 288 g/mol. The minimum absolute atomic E-state index is 0.199. The van der Waals surface area contributed by atoms with Crippen molar-refractivity contribution in [2.45, 2.75) is 39.8 Å². The van der Waals surface area contributed by atoms with Crippen molar-refractivity contribution in [3.8, 4) is 0 Å². The van der Waals surface area contributed by atoms with E-state index in [1.807, 2.05) is 24.6 Å². The molecule has 0 aliphatic carbocycles. The average molecular weight is 308 g/mol. The van der Waals surface area contributed by atoms with Gasteiger partial charge in [0.2, 0.25) is 0 Å². The summed E-state index contributed by atoms with van der Waals surface area (Å²) in [7, 11) is 0.